The van der Waals surface area contributed by atoms with Gasteiger partial charge in [-0.3, -0.25) is 14.1 Å². The van der Waals surface area contributed by atoms with E-state index in [1.54, 1.807) is 10.6 Å². The lowest BCUT2D eigenvalue weighted by Gasteiger charge is -2.22. The Hall–Kier alpha value is -1.92. The van der Waals surface area contributed by atoms with Gasteiger partial charge in [-0.15, -0.1) is 0 Å². The summed E-state index contributed by atoms with van der Waals surface area (Å²) in [6.45, 7) is 3.00. The molecule has 1 aliphatic rings. The Kier molecular flexibility index (Phi) is 5.25. The number of carbonyl (C=O) groups excluding carboxylic acids is 1. The van der Waals surface area contributed by atoms with Gasteiger partial charge in [-0.25, -0.2) is 4.98 Å². The maximum absolute atomic E-state index is 12.2. The number of aliphatic hydroxyl groups excluding tert-OH is 1. The summed E-state index contributed by atoms with van der Waals surface area (Å²) in [6, 6.07) is 6.01. The Morgan fingerprint density at radius 1 is 1.39 bits per heavy atom. The normalized spacial score (nSPS) is 18.6. The molecule has 2 N–H and O–H groups in total. The second-order valence-electron chi connectivity index (χ2n) is 6.05. The lowest BCUT2D eigenvalue weighted by Crippen LogP contribution is -2.33. The first-order valence-corrected chi connectivity index (χ1v) is 8.35. The number of aromatic nitrogens is 2. The highest BCUT2D eigenvalue weighted by atomic mass is 16.3. The van der Waals surface area contributed by atoms with Crippen molar-refractivity contribution in [3.63, 3.8) is 0 Å². The van der Waals surface area contributed by atoms with E-state index in [0.717, 1.165) is 38.0 Å². The quantitative estimate of drug-likeness (QED) is 0.756. The zero-order chi connectivity index (χ0) is 16.1. The fourth-order valence-electron chi connectivity index (χ4n) is 3.23. The maximum atomic E-state index is 12.2. The minimum atomic E-state index is -0.0851. The van der Waals surface area contributed by atoms with Crippen molar-refractivity contribution in [1.29, 1.82) is 0 Å². The van der Waals surface area contributed by atoms with Crippen LogP contribution in [0.25, 0.3) is 5.65 Å². The van der Waals surface area contributed by atoms with Gasteiger partial charge in [-0.05, 0) is 50.9 Å². The van der Waals surface area contributed by atoms with Gasteiger partial charge in [-0.2, -0.15) is 0 Å². The highest BCUT2D eigenvalue weighted by Gasteiger charge is 2.22. The van der Waals surface area contributed by atoms with Crippen LogP contribution in [0.5, 0.6) is 0 Å². The molecule has 3 rings (SSSR count). The van der Waals surface area contributed by atoms with Gasteiger partial charge in [0.15, 0.2) is 0 Å². The van der Waals surface area contributed by atoms with E-state index >= 15 is 0 Å². The summed E-state index contributed by atoms with van der Waals surface area (Å²) in [4.78, 5) is 18.8. The summed E-state index contributed by atoms with van der Waals surface area (Å²) in [5.74, 6) is -0.0851. The number of pyridine rings is 1. The average Bonchev–Trinajstić information content (AvgIpc) is 3.20. The third kappa shape index (κ3) is 3.71. The summed E-state index contributed by atoms with van der Waals surface area (Å²) in [5.41, 5.74) is 1.35. The average molecular weight is 316 g/mol. The summed E-state index contributed by atoms with van der Waals surface area (Å²) in [6.07, 6.45) is 7.71. The van der Waals surface area contributed by atoms with Crippen LogP contribution in [0.4, 0.5) is 0 Å². The van der Waals surface area contributed by atoms with E-state index < -0.39 is 0 Å². The number of amides is 1. The maximum Gasteiger partial charge on any atom is 0.269 e. The van der Waals surface area contributed by atoms with E-state index in [0.29, 0.717) is 18.3 Å². The largest absolute Gasteiger partial charge is 0.395 e. The molecule has 0 spiro atoms. The zero-order valence-electron chi connectivity index (χ0n) is 13.3. The Labute approximate surface area is 136 Å². The summed E-state index contributed by atoms with van der Waals surface area (Å²) in [7, 11) is 0. The molecule has 1 atom stereocenters. The molecule has 3 heterocycles. The molecule has 6 heteroatoms. The lowest BCUT2D eigenvalue weighted by atomic mass is 10.2. The van der Waals surface area contributed by atoms with Crippen molar-refractivity contribution >= 4 is 11.6 Å². The van der Waals surface area contributed by atoms with E-state index in [9.17, 15) is 9.90 Å². The Balaban J connectivity index is 1.41. The number of fused-ring (bicyclic) bond motifs is 1. The number of hydrogen-bond donors (Lipinski definition) is 2. The molecule has 6 nitrogen and oxygen atoms in total. The second kappa shape index (κ2) is 7.57. The molecule has 1 saturated heterocycles. The van der Waals surface area contributed by atoms with Gasteiger partial charge in [-0.1, -0.05) is 6.07 Å². The van der Waals surface area contributed by atoms with Crippen LogP contribution in [0, 0.1) is 0 Å². The van der Waals surface area contributed by atoms with Crippen LogP contribution in [0.15, 0.2) is 30.6 Å². The Morgan fingerprint density at radius 2 is 2.30 bits per heavy atom. The predicted octanol–water partition coefficient (Wildman–Crippen LogP) is 1.30. The fourth-order valence-corrected chi connectivity index (χ4v) is 3.23. The number of rotatable bonds is 7. The molecule has 124 valence electrons. The fraction of sp³-hybridized carbons (Fsp3) is 0.529. The number of nitrogens with one attached hydrogen (secondary N) is 1. The number of unbranched alkanes of at least 4 members (excludes halogenated alkanes) is 1. The van der Waals surface area contributed by atoms with Crippen molar-refractivity contribution in [3.05, 3.63) is 36.3 Å². The summed E-state index contributed by atoms with van der Waals surface area (Å²) in [5, 5.41) is 12.3. The van der Waals surface area contributed by atoms with Crippen molar-refractivity contribution in [2.45, 2.75) is 31.7 Å². The molecule has 2 aromatic heterocycles. The van der Waals surface area contributed by atoms with Crippen molar-refractivity contribution in [2.24, 2.45) is 0 Å². The third-order valence-electron chi connectivity index (χ3n) is 4.52. The minimum absolute atomic E-state index is 0.0851. The number of hydrogen-bond acceptors (Lipinski definition) is 4. The highest BCUT2D eigenvalue weighted by Crippen LogP contribution is 2.16. The predicted molar refractivity (Wildman–Crippen MR) is 88.4 cm³/mol. The lowest BCUT2D eigenvalue weighted by molar-refractivity contribution is 0.0946. The molecule has 2 aromatic rings. The van der Waals surface area contributed by atoms with Crippen LogP contribution >= 0.6 is 0 Å². The van der Waals surface area contributed by atoms with Gasteiger partial charge < -0.3 is 10.4 Å². The number of nitrogens with zero attached hydrogens (tertiary/aromatic N) is 3. The molecule has 1 aliphatic heterocycles. The first kappa shape index (κ1) is 16.0. The number of aliphatic hydroxyl groups is 1. The van der Waals surface area contributed by atoms with Crippen molar-refractivity contribution in [1.82, 2.24) is 19.6 Å². The Morgan fingerprint density at radius 3 is 3.17 bits per heavy atom. The molecule has 23 heavy (non-hydrogen) atoms. The van der Waals surface area contributed by atoms with Crippen LogP contribution in [-0.4, -0.2) is 57.6 Å². The molecule has 0 aliphatic carbocycles. The first-order chi connectivity index (χ1) is 11.3. The monoisotopic (exact) mass is 316 g/mol. The van der Waals surface area contributed by atoms with E-state index in [1.807, 2.05) is 24.4 Å². The number of likely N-dealkylation sites (tertiary alicyclic amines) is 1. The van der Waals surface area contributed by atoms with Crippen LogP contribution < -0.4 is 5.32 Å². The molecular formula is C17H24N4O2. The smallest absolute Gasteiger partial charge is 0.269 e. The van der Waals surface area contributed by atoms with Crippen molar-refractivity contribution in [3.8, 4) is 0 Å². The molecule has 0 saturated carbocycles. The molecule has 0 radical (unpaired) electrons. The highest BCUT2D eigenvalue weighted by molar-refractivity contribution is 5.93. The van der Waals surface area contributed by atoms with Gasteiger partial charge in [0.05, 0.1) is 12.8 Å². The van der Waals surface area contributed by atoms with Gasteiger partial charge in [0.2, 0.25) is 0 Å². The van der Waals surface area contributed by atoms with Crippen LogP contribution in [0.1, 0.15) is 36.2 Å². The molecular weight excluding hydrogens is 292 g/mol. The first-order valence-electron chi connectivity index (χ1n) is 8.35. The van der Waals surface area contributed by atoms with Crippen LogP contribution in [0.2, 0.25) is 0 Å². The van der Waals surface area contributed by atoms with E-state index in [1.165, 1.54) is 6.42 Å². The van der Waals surface area contributed by atoms with Crippen molar-refractivity contribution in [2.75, 3.05) is 26.2 Å². The zero-order valence-corrected chi connectivity index (χ0v) is 13.3. The minimum Gasteiger partial charge on any atom is -0.395 e. The molecule has 1 amide bonds. The van der Waals surface area contributed by atoms with E-state index in [2.05, 4.69) is 15.2 Å². The SMILES string of the molecule is O=C(NCCCCN1CCCC1CO)c1cnc2ccccn12. The van der Waals surface area contributed by atoms with Crippen molar-refractivity contribution < 1.29 is 9.90 Å². The topological polar surface area (TPSA) is 69.9 Å². The van der Waals surface area contributed by atoms with Gasteiger partial charge in [0.1, 0.15) is 11.3 Å². The number of carbonyl (C=O) groups is 1. The summed E-state index contributed by atoms with van der Waals surface area (Å²) < 4.78 is 1.80. The van der Waals surface area contributed by atoms with E-state index in [-0.39, 0.29) is 12.5 Å². The van der Waals surface area contributed by atoms with Gasteiger partial charge >= 0.3 is 0 Å². The molecule has 0 bridgehead atoms. The van der Waals surface area contributed by atoms with Crippen LogP contribution in [-0.2, 0) is 0 Å². The third-order valence-corrected chi connectivity index (χ3v) is 4.52. The molecule has 1 unspecified atom stereocenters. The van der Waals surface area contributed by atoms with Gasteiger partial charge in [0.25, 0.3) is 5.91 Å². The number of imidazole rings is 1. The van der Waals surface area contributed by atoms with E-state index in [4.69, 9.17) is 0 Å². The second-order valence-corrected chi connectivity index (χ2v) is 6.05. The standard InChI is InChI=1S/C17H24N4O2/c22-13-14-6-5-10-20(14)9-4-2-8-18-17(23)15-12-19-16-7-1-3-11-21(15)16/h1,3,7,11-12,14,22H,2,4-6,8-10,13H2,(H,18,23). The molecule has 1 fully saturated rings. The molecule has 0 aromatic carbocycles. The van der Waals surface area contributed by atoms with Gasteiger partial charge in [0, 0.05) is 18.8 Å². The summed E-state index contributed by atoms with van der Waals surface area (Å²) >= 11 is 0. The Bertz CT molecular complexity index is 655. The van der Waals surface area contributed by atoms with Crippen LogP contribution in [0.3, 0.4) is 0 Å².